The molecule has 5 aromatic rings. The number of carbonyl (C=O) groups excluding carboxylic acids is 1. The molecule has 1 aliphatic rings. The quantitative estimate of drug-likeness (QED) is 0.196. The number of hydrogen-bond acceptors (Lipinski definition) is 8. The number of thiazole rings is 1. The van der Waals surface area contributed by atoms with Crippen molar-refractivity contribution in [2.45, 2.75) is 33.3 Å². The van der Waals surface area contributed by atoms with E-state index in [4.69, 9.17) is 14.1 Å². The van der Waals surface area contributed by atoms with Crippen molar-refractivity contribution < 1.29 is 22.4 Å². The Balaban J connectivity index is 1.58. The summed E-state index contributed by atoms with van der Waals surface area (Å²) in [4.78, 5) is 23.9. The highest BCUT2D eigenvalue weighted by Crippen LogP contribution is 2.42. The number of ether oxygens (including phenoxy) is 1. The Morgan fingerprint density at radius 2 is 1.88 bits per heavy atom. The van der Waals surface area contributed by atoms with E-state index in [1.54, 1.807) is 23.6 Å². The van der Waals surface area contributed by atoms with Gasteiger partial charge < -0.3 is 9.15 Å². The molecule has 0 saturated heterocycles. The lowest BCUT2D eigenvalue weighted by atomic mass is 9.97. The molecule has 0 unspecified atom stereocenters. The lowest BCUT2D eigenvalue weighted by molar-refractivity contribution is 0.0989. The van der Waals surface area contributed by atoms with Crippen LogP contribution in [-0.2, 0) is 27.8 Å². The van der Waals surface area contributed by atoms with Crippen molar-refractivity contribution in [2.75, 3.05) is 24.2 Å². The van der Waals surface area contributed by atoms with Crippen LogP contribution in [0.5, 0.6) is 0 Å². The van der Waals surface area contributed by atoms with Crippen LogP contribution in [0.15, 0.2) is 59.1 Å². The largest absolute Gasteiger partial charge is 0.455 e. The van der Waals surface area contributed by atoms with Gasteiger partial charge in [0.2, 0.25) is 10.0 Å². The number of anilines is 1. The van der Waals surface area contributed by atoms with Gasteiger partial charge in [0.05, 0.1) is 47.0 Å². The molecule has 0 radical (unpaired) electrons. The first kappa shape index (κ1) is 27.3. The maximum Gasteiger partial charge on any atom is 0.232 e. The summed E-state index contributed by atoms with van der Waals surface area (Å²) < 4.78 is 38.6. The molecule has 4 heterocycles. The van der Waals surface area contributed by atoms with E-state index < -0.39 is 10.0 Å². The maximum atomic E-state index is 13.3. The number of pyridine rings is 1. The second-order valence-corrected chi connectivity index (χ2v) is 13.3. The van der Waals surface area contributed by atoms with Gasteiger partial charge in [-0.15, -0.1) is 11.3 Å². The van der Waals surface area contributed by atoms with Gasteiger partial charge >= 0.3 is 0 Å². The number of furan rings is 1. The first-order chi connectivity index (χ1) is 19.6. The van der Waals surface area contributed by atoms with Crippen molar-refractivity contribution in [1.82, 2.24) is 9.97 Å². The smallest absolute Gasteiger partial charge is 0.232 e. The van der Waals surface area contributed by atoms with Crippen molar-refractivity contribution in [3.63, 3.8) is 0 Å². The average Bonchev–Trinajstić information content (AvgIpc) is 3.57. The van der Waals surface area contributed by atoms with Crippen LogP contribution >= 0.6 is 11.3 Å². The summed E-state index contributed by atoms with van der Waals surface area (Å²) in [5.41, 5.74) is 6.23. The third-order valence-corrected chi connectivity index (χ3v) is 9.65. The topological polar surface area (TPSA) is 103 Å². The lowest BCUT2D eigenvalue weighted by Crippen LogP contribution is -2.25. The number of carbonyl (C=O) groups is 1. The Morgan fingerprint density at radius 3 is 2.59 bits per heavy atom. The zero-order valence-corrected chi connectivity index (χ0v) is 24.9. The Bertz CT molecular complexity index is 1880. The number of rotatable bonds is 7. The molecule has 0 aliphatic carbocycles. The number of aromatic nitrogens is 2. The van der Waals surface area contributed by atoms with E-state index in [1.165, 1.54) is 11.4 Å². The zero-order valence-electron chi connectivity index (χ0n) is 23.2. The van der Waals surface area contributed by atoms with Crippen LogP contribution < -0.4 is 4.31 Å². The molecular weight excluding hydrogens is 558 g/mol. The van der Waals surface area contributed by atoms with Gasteiger partial charge in [0.25, 0.3) is 0 Å². The SMILES string of the molecule is CCC(=O)c1c(-c2ccc(C)cc2)oc2cc(N(C)S(C)(=O)=O)c(-c3cc(-c4nc5c(s4)COCC5)ccn3)cc12. The fourth-order valence-electron chi connectivity index (χ4n) is 5.00. The molecule has 10 heteroatoms. The third-order valence-electron chi connectivity index (χ3n) is 7.33. The molecule has 210 valence electrons. The van der Waals surface area contributed by atoms with Crippen LogP contribution in [0.1, 0.15) is 39.8 Å². The van der Waals surface area contributed by atoms with E-state index in [0.717, 1.165) is 44.9 Å². The second-order valence-electron chi connectivity index (χ2n) is 10.2. The van der Waals surface area contributed by atoms with Gasteiger partial charge in [-0.2, -0.15) is 0 Å². The van der Waals surface area contributed by atoms with Crippen LogP contribution in [-0.4, -0.2) is 44.1 Å². The summed E-state index contributed by atoms with van der Waals surface area (Å²) in [5.74, 6) is 0.404. The summed E-state index contributed by atoms with van der Waals surface area (Å²) >= 11 is 1.59. The molecule has 0 N–H and O–H groups in total. The monoisotopic (exact) mass is 587 g/mol. The van der Waals surface area contributed by atoms with Gasteiger partial charge in [-0.25, -0.2) is 13.4 Å². The van der Waals surface area contributed by atoms with E-state index in [1.807, 2.05) is 56.3 Å². The average molecular weight is 588 g/mol. The van der Waals surface area contributed by atoms with Gasteiger partial charge in [-0.1, -0.05) is 36.8 Å². The fraction of sp³-hybridized carbons (Fsp3) is 0.258. The summed E-state index contributed by atoms with van der Waals surface area (Å²) in [7, 11) is -2.13. The minimum Gasteiger partial charge on any atom is -0.455 e. The van der Waals surface area contributed by atoms with Crippen LogP contribution in [0.4, 0.5) is 5.69 Å². The minimum absolute atomic E-state index is 0.0632. The molecule has 0 saturated carbocycles. The van der Waals surface area contributed by atoms with Crippen molar-refractivity contribution in [3.8, 4) is 33.2 Å². The molecule has 3 aromatic heterocycles. The summed E-state index contributed by atoms with van der Waals surface area (Å²) in [6, 6.07) is 15.1. The van der Waals surface area contributed by atoms with Crippen LogP contribution in [0.25, 0.3) is 44.1 Å². The second kappa shape index (κ2) is 10.5. The van der Waals surface area contributed by atoms with Gasteiger partial charge in [-0.3, -0.25) is 14.1 Å². The van der Waals surface area contributed by atoms with Gasteiger partial charge in [0.15, 0.2) is 5.78 Å². The van der Waals surface area contributed by atoms with Gasteiger partial charge in [0.1, 0.15) is 16.4 Å². The molecule has 1 aliphatic heterocycles. The van der Waals surface area contributed by atoms with Crippen molar-refractivity contribution in [1.29, 1.82) is 0 Å². The first-order valence-corrected chi connectivity index (χ1v) is 16.0. The summed E-state index contributed by atoms with van der Waals surface area (Å²) in [5, 5.41) is 1.47. The normalized spacial score (nSPS) is 13.4. The standard InChI is InChI=1S/C31H29N3O5S2/c1-5-26(35)29-22-15-21(24-14-20(10-12-32-24)31-33-23-11-13-38-17-28(23)40-31)25(34(3)41(4,36)37)16-27(22)39-30(29)19-8-6-18(2)7-9-19/h6-10,12,14-16H,5,11,13,17H2,1-4H3. The van der Waals surface area contributed by atoms with Gasteiger partial charge in [0, 0.05) is 54.2 Å². The lowest BCUT2D eigenvalue weighted by Gasteiger charge is -2.20. The van der Waals surface area contributed by atoms with Crippen molar-refractivity contribution >= 4 is 43.8 Å². The number of Topliss-reactive ketones (excluding diaryl/α,β-unsaturated/α-hetero) is 1. The third kappa shape index (κ3) is 5.07. The number of sulfonamides is 1. The first-order valence-electron chi connectivity index (χ1n) is 13.3. The van der Waals surface area contributed by atoms with E-state index in [9.17, 15) is 13.2 Å². The molecule has 0 amide bonds. The molecule has 8 nitrogen and oxygen atoms in total. The van der Waals surface area contributed by atoms with E-state index in [0.29, 0.717) is 58.9 Å². The molecule has 0 atom stereocenters. The Labute approximate surface area is 242 Å². The molecular formula is C31H29N3O5S2. The highest BCUT2D eigenvalue weighted by atomic mass is 32.2. The van der Waals surface area contributed by atoms with Crippen LogP contribution in [0.3, 0.4) is 0 Å². The summed E-state index contributed by atoms with van der Waals surface area (Å²) in [6.07, 6.45) is 3.92. The number of hydrogen-bond donors (Lipinski definition) is 0. The number of nitrogens with zero attached hydrogens (tertiary/aromatic N) is 3. The Hall–Kier alpha value is -3.86. The minimum atomic E-state index is -3.63. The summed E-state index contributed by atoms with van der Waals surface area (Å²) in [6.45, 7) is 5.03. The van der Waals surface area contributed by atoms with E-state index in [-0.39, 0.29) is 5.78 Å². The Kier molecular flexibility index (Phi) is 7.01. The van der Waals surface area contributed by atoms with Crippen molar-refractivity contribution in [2.24, 2.45) is 0 Å². The number of ketones is 1. The molecule has 0 spiro atoms. The molecule has 0 fully saturated rings. The Morgan fingerprint density at radius 1 is 1.10 bits per heavy atom. The number of fused-ring (bicyclic) bond motifs is 2. The molecule has 0 bridgehead atoms. The molecule has 41 heavy (non-hydrogen) atoms. The number of aryl methyl sites for hydroxylation is 1. The number of benzene rings is 2. The van der Waals surface area contributed by atoms with E-state index >= 15 is 0 Å². The van der Waals surface area contributed by atoms with Crippen molar-refractivity contribution in [3.05, 3.63) is 76.4 Å². The van der Waals surface area contributed by atoms with Crippen LogP contribution in [0.2, 0.25) is 0 Å². The van der Waals surface area contributed by atoms with E-state index in [2.05, 4.69) is 4.98 Å². The predicted octanol–water partition coefficient (Wildman–Crippen LogP) is 6.65. The van der Waals surface area contributed by atoms with Gasteiger partial charge in [-0.05, 0) is 25.1 Å². The highest BCUT2D eigenvalue weighted by molar-refractivity contribution is 7.92. The highest BCUT2D eigenvalue weighted by Gasteiger charge is 2.26. The molecule has 6 rings (SSSR count). The fourth-order valence-corrected chi connectivity index (χ4v) is 6.55. The van der Waals surface area contributed by atoms with Crippen LogP contribution in [0, 0.1) is 6.92 Å². The predicted molar refractivity (Wildman–Crippen MR) is 162 cm³/mol. The maximum absolute atomic E-state index is 13.3. The molecule has 2 aromatic carbocycles. The zero-order chi connectivity index (χ0) is 28.9.